The molecule has 0 amide bonds. The summed E-state index contributed by atoms with van der Waals surface area (Å²) in [6, 6.07) is 9.00. The number of benzene rings is 1. The minimum absolute atomic E-state index is 0.161. The van der Waals surface area contributed by atoms with Crippen LogP contribution in [-0.4, -0.2) is 30.4 Å². The zero-order valence-electron chi connectivity index (χ0n) is 8.22. The van der Waals surface area contributed by atoms with Gasteiger partial charge in [-0.1, -0.05) is 18.2 Å². The van der Waals surface area contributed by atoms with Gasteiger partial charge in [0, 0.05) is 5.75 Å². The van der Waals surface area contributed by atoms with Gasteiger partial charge in [-0.15, -0.1) is 11.8 Å². The monoisotopic (exact) mass is 224 g/mol. The first-order valence-electron chi connectivity index (χ1n) is 4.81. The maximum atomic E-state index is 11.6. The highest BCUT2D eigenvalue weighted by molar-refractivity contribution is 7.99. The van der Waals surface area contributed by atoms with Crippen LogP contribution in [-0.2, 0) is 9.47 Å². The summed E-state index contributed by atoms with van der Waals surface area (Å²) in [4.78, 5) is 11.6. The van der Waals surface area contributed by atoms with Crippen molar-refractivity contribution in [1.29, 1.82) is 0 Å². The number of esters is 1. The van der Waals surface area contributed by atoms with E-state index in [1.807, 2.05) is 18.2 Å². The van der Waals surface area contributed by atoms with E-state index in [0.29, 0.717) is 12.2 Å². The van der Waals surface area contributed by atoms with Crippen LogP contribution >= 0.6 is 11.8 Å². The van der Waals surface area contributed by atoms with Crippen molar-refractivity contribution in [2.24, 2.45) is 0 Å². The van der Waals surface area contributed by atoms with Gasteiger partial charge in [0.1, 0.15) is 0 Å². The van der Waals surface area contributed by atoms with Crippen LogP contribution in [0.2, 0.25) is 0 Å². The fourth-order valence-corrected chi connectivity index (χ4v) is 2.12. The third-order valence-electron chi connectivity index (χ3n) is 2.03. The van der Waals surface area contributed by atoms with Crippen LogP contribution in [0.15, 0.2) is 30.3 Å². The molecule has 1 saturated heterocycles. The Bertz CT molecular complexity index is 320. The molecule has 1 unspecified atom stereocenters. The van der Waals surface area contributed by atoms with E-state index < -0.39 is 0 Å². The number of carbonyl (C=O) groups is 1. The van der Waals surface area contributed by atoms with Crippen molar-refractivity contribution in [1.82, 2.24) is 0 Å². The molecule has 4 heteroatoms. The topological polar surface area (TPSA) is 35.5 Å². The molecule has 3 nitrogen and oxygen atoms in total. The smallest absolute Gasteiger partial charge is 0.339 e. The molecule has 1 aromatic rings. The van der Waals surface area contributed by atoms with Crippen LogP contribution < -0.4 is 0 Å². The molecule has 80 valence electrons. The first kappa shape index (κ1) is 10.5. The van der Waals surface area contributed by atoms with Crippen molar-refractivity contribution in [3.63, 3.8) is 0 Å². The van der Waals surface area contributed by atoms with Gasteiger partial charge in [-0.25, -0.2) is 4.79 Å². The van der Waals surface area contributed by atoms with Crippen LogP contribution in [0.3, 0.4) is 0 Å². The lowest BCUT2D eigenvalue weighted by Crippen LogP contribution is -2.26. The molecule has 0 N–H and O–H groups in total. The largest absolute Gasteiger partial charge is 0.445 e. The standard InChI is InChI=1S/C11H12O3S/c12-11(9-4-2-1-3-5-9)14-10-8-13-6-7-15-10/h1-5,10H,6-8H2. The fourth-order valence-electron chi connectivity index (χ4n) is 1.30. The molecule has 1 fully saturated rings. The Kier molecular flexibility index (Phi) is 3.64. The molecule has 15 heavy (non-hydrogen) atoms. The molecule has 0 bridgehead atoms. The number of carbonyl (C=O) groups excluding carboxylic acids is 1. The van der Waals surface area contributed by atoms with E-state index in [1.54, 1.807) is 23.9 Å². The number of ether oxygens (including phenoxy) is 2. The molecule has 0 spiro atoms. The predicted octanol–water partition coefficient (Wildman–Crippen LogP) is 1.93. The maximum Gasteiger partial charge on any atom is 0.339 e. The van der Waals surface area contributed by atoms with Gasteiger partial charge >= 0.3 is 5.97 Å². The second kappa shape index (κ2) is 5.19. The first-order chi connectivity index (χ1) is 7.36. The zero-order chi connectivity index (χ0) is 10.5. The molecule has 0 aromatic heterocycles. The fraction of sp³-hybridized carbons (Fsp3) is 0.364. The summed E-state index contributed by atoms with van der Waals surface area (Å²) in [7, 11) is 0. The summed E-state index contributed by atoms with van der Waals surface area (Å²) in [5, 5.41) is 0. The molecular formula is C11H12O3S. The molecule has 0 radical (unpaired) electrons. The Morgan fingerprint density at radius 1 is 1.40 bits per heavy atom. The highest BCUT2D eigenvalue weighted by Gasteiger charge is 2.19. The lowest BCUT2D eigenvalue weighted by atomic mass is 10.2. The Morgan fingerprint density at radius 3 is 2.87 bits per heavy atom. The van der Waals surface area contributed by atoms with Gasteiger partial charge in [0.05, 0.1) is 18.8 Å². The summed E-state index contributed by atoms with van der Waals surface area (Å²) >= 11 is 1.62. The quantitative estimate of drug-likeness (QED) is 0.719. The Labute approximate surface area is 92.8 Å². The van der Waals surface area contributed by atoms with Gasteiger partial charge in [0.15, 0.2) is 5.44 Å². The normalized spacial score (nSPS) is 20.9. The van der Waals surface area contributed by atoms with E-state index in [1.165, 1.54) is 0 Å². The number of hydrogen-bond donors (Lipinski definition) is 0. The van der Waals surface area contributed by atoms with Crippen molar-refractivity contribution in [2.75, 3.05) is 19.0 Å². The molecule has 1 heterocycles. The van der Waals surface area contributed by atoms with Crippen LogP contribution in [0.4, 0.5) is 0 Å². The van der Waals surface area contributed by atoms with Crippen molar-refractivity contribution in [3.05, 3.63) is 35.9 Å². The van der Waals surface area contributed by atoms with Crippen LogP contribution in [0.25, 0.3) is 0 Å². The molecule has 1 aromatic carbocycles. The SMILES string of the molecule is O=C(OC1COCCS1)c1ccccc1. The minimum atomic E-state index is -0.279. The summed E-state index contributed by atoms with van der Waals surface area (Å²) in [6.45, 7) is 1.23. The van der Waals surface area contributed by atoms with Gasteiger partial charge in [-0.3, -0.25) is 0 Å². The first-order valence-corrected chi connectivity index (χ1v) is 5.86. The predicted molar refractivity (Wildman–Crippen MR) is 58.9 cm³/mol. The van der Waals surface area contributed by atoms with Gasteiger partial charge in [-0.2, -0.15) is 0 Å². The molecule has 2 rings (SSSR count). The van der Waals surface area contributed by atoms with Crippen LogP contribution in [0.5, 0.6) is 0 Å². The van der Waals surface area contributed by atoms with Gasteiger partial charge in [0.2, 0.25) is 0 Å². The zero-order valence-corrected chi connectivity index (χ0v) is 9.03. The van der Waals surface area contributed by atoms with Crippen molar-refractivity contribution in [3.8, 4) is 0 Å². The van der Waals surface area contributed by atoms with E-state index in [-0.39, 0.29) is 11.4 Å². The average molecular weight is 224 g/mol. The van der Waals surface area contributed by atoms with Gasteiger partial charge in [0.25, 0.3) is 0 Å². The van der Waals surface area contributed by atoms with E-state index in [0.717, 1.165) is 12.4 Å². The van der Waals surface area contributed by atoms with Gasteiger partial charge < -0.3 is 9.47 Å². The molecule has 1 atom stereocenters. The van der Waals surface area contributed by atoms with Crippen molar-refractivity contribution in [2.45, 2.75) is 5.44 Å². The minimum Gasteiger partial charge on any atom is -0.445 e. The summed E-state index contributed by atoms with van der Waals surface area (Å²) in [6.07, 6.45) is 0. The van der Waals surface area contributed by atoms with Crippen molar-refractivity contribution >= 4 is 17.7 Å². The average Bonchev–Trinajstić information content (AvgIpc) is 2.31. The van der Waals surface area contributed by atoms with E-state index in [2.05, 4.69) is 0 Å². The summed E-state index contributed by atoms with van der Waals surface area (Å²) < 4.78 is 10.5. The number of thioether (sulfide) groups is 1. The van der Waals surface area contributed by atoms with E-state index in [9.17, 15) is 4.79 Å². The van der Waals surface area contributed by atoms with E-state index >= 15 is 0 Å². The highest BCUT2D eigenvalue weighted by atomic mass is 32.2. The lowest BCUT2D eigenvalue weighted by molar-refractivity contribution is 0.0210. The molecular weight excluding hydrogens is 212 g/mol. The number of hydrogen-bond acceptors (Lipinski definition) is 4. The van der Waals surface area contributed by atoms with Crippen LogP contribution in [0.1, 0.15) is 10.4 Å². The lowest BCUT2D eigenvalue weighted by Gasteiger charge is -2.21. The third kappa shape index (κ3) is 2.97. The Balaban J connectivity index is 1.91. The second-order valence-corrected chi connectivity index (χ2v) is 4.41. The van der Waals surface area contributed by atoms with Crippen LogP contribution in [0, 0.1) is 0 Å². The van der Waals surface area contributed by atoms with Crippen molar-refractivity contribution < 1.29 is 14.3 Å². The third-order valence-corrected chi connectivity index (χ3v) is 3.04. The van der Waals surface area contributed by atoms with Gasteiger partial charge in [-0.05, 0) is 12.1 Å². The molecule has 1 aliphatic heterocycles. The molecule has 1 aliphatic rings. The summed E-state index contributed by atoms with van der Waals surface area (Å²) in [5.74, 6) is 0.603. The molecule has 0 aliphatic carbocycles. The Hall–Kier alpha value is -1.00. The summed E-state index contributed by atoms with van der Waals surface area (Å²) in [5.41, 5.74) is 0.426. The molecule has 0 saturated carbocycles. The van der Waals surface area contributed by atoms with E-state index in [4.69, 9.17) is 9.47 Å². The maximum absolute atomic E-state index is 11.6. The highest BCUT2D eigenvalue weighted by Crippen LogP contribution is 2.18. The number of rotatable bonds is 2. The Morgan fingerprint density at radius 2 is 2.20 bits per heavy atom. The second-order valence-electron chi connectivity index (χ2n) is 3.15.